The fourth-order valence-electron chi connectivity index (χ4n) is 2.91. The van der Waals surface area contributed by atoms with Crippen molar-refractivity contribution in [3.05, 3.63) is 42.0 Å². The number of carbonyl (C=O) groups is 2. The van der Waals surface area contributed by atoms with Gasteiger partial charge in [-0.05, 0) is 35.7 Å². The SMILES string of the molecule is O=C(NCCC(=O)N1CCCC1)c1cc2ccccc2cc1O. The van der Waals surface area contributed by atoms with Gasteiger partial charge in [0.15, 0.2) is 0 Å². The molecule has 2 amide bonds. The van der Waals surface area contributed by atoms with E-state index in [0.717, 1.165) is 36.7 Å². The minimum absolute atomic E-state index is 0.0490. The summed E-state index contributed by atoms with van der Waals surface area (Å²) < 4.78 is 0. The van der Waals surface area contributed by atoms with Crippen LogP contribution >= 0.6 is 0 Å². The van der Waals surface area contributed by atoms with Crippen LogP contribution in [0.1, 0.15) is 29.6 Å². The van der Waals surface area contributed by atoms with Crippen LogP contribution in [0.15, 0.2) is 36.4 Å². The molecule has 0 saturated carbocycles. The highest BCUT2D eigenvalue weighted by Crippen LogP contribution is 2.24. The van der Waals surface area contributed by atoms with Crippen LogP contribution in [0, 0.1) is 0 Å². The molecular weight excluding hydrogens is 292 g/mol. The van der Waals surface area contributed by atoms with Crippen LogP contribution in [0.4, 0.5) is 0 Å². The van der Waals surface area contributed by atoms with Gasteiger partial charge in [-0.3, -0.25) is 9.59 Å². The summed E-state index contributed by atoms with van der Waals surface area (Å²) in [5.74, 6) is -0.333. The average Bonchev–Trinajstić information content (AvgIpc) is 3.08. The Balaban J connectivity index is 1.61. The number of hydrogen-bond acceptors (Lipinski definition) is 3. The first-order chi connectivity index (χ1) is 11.1. The molecule has 0 radical (unpaired) electrons. The van der Waals surface area contributed by atoms with Crippen molar-refractivity contribution >= 4 is 22.6 Å². The molecule has 0 unspecified atom stereocenters. The third-order valence-electron chi connectivity index (χ3n) is 4.19. The van der Waals surface area contributed by atoms with E-state index in [1.807, 2.05) is 29.2 Å². The molecule has 0 bridgehead atoms. The van der Waals surface area contributed by atoms with Crippen molar-refractivity contribution in [3.8, 4) is 5.75 Å². The number of fused-ring (bicyclic) bond motifs is 1. The van der Waals surface area contributed by atoms with Crippen LogP contribution in [-0.2, 0) is 4.79 Å². The molecule has 0 spiro atoms. The minimum atomic E-state index is -0.359. The van der Waals surface area contributed by atoms with Gasteiger partial charge in [0.1, 0.15) is 5.75 Å². The molecule has 120 valence electrons. The first-order valence-corrected chi connectivity index (χ1v) is 7.93. The number of likely N-dealkylation sites (tertiary alicyclic amines) is 1. The molecule has 1 aliphatic heterocycles. The van der Waals surface area contributed by atoms with Crippen molar-refractivity contribution in [2.24, 2.45) is 0 Å². The van der Waals surface area contributed by atoms with Gasteiger partial charge in [-0.15, -0.1) is 0 Å². The molecule has 1 aliphatic rings. The lowest BCUT2D eigenvalue weighted by molar-refractivity contribution is -0.129. The van der Waals surface area contributed by atoms with Gasteiger partial charge in [-0.2, -0.15) is 0 Å². The molecule has 1 heterocycles. The Morgan fingerprint density at radius 2 is 1.74 bits per heavy atom. The van der Waals surface area contributed by atoms with E-state index in [2.05, 4.69) is 5.32 Å². The molecule has 2 aromatic carbocycles. The normalized spacial score (nSPS) is 14.2. The number of amides is 2. The van der Waals surface area contributed by atoms with E-state index in [4.69, 9.17) is 0 Å². The number of aromatic hydroxyl groups is 1. The van der Waals surface area contributed by atoms with Crippen molar-refractivity contribution in [1.29, 1.82) is 0 Å². The monoisotopic (exact) mass is 312 g/mol. The van der Waals surface area contributed by atoms with Gasteiger partial charge in [0.05, 0.1) is 5.56 Å². The van der Waals surface area contributed by atoms with Crippen molar-refractivity contribution in [2.75, 3.05) is 19.6 Å². The second kappa shape index (κ2) is 6.69. The van der Waals surface area contributed by atoms with E-state index in [1.165, 1.54) is 0 Å². The first kappa shape index (κ1) is 15.3. The van der Waals surface area contributed by atoms with E-state index >= 15 is 0 Å². The predicted octanol–water partition coefficient (Wildman–Crippen LogP) is 2.29. The van der Waals surface area contributed by atoms with Gasteiger partial charge in [-0.25, -0.2) is 0 Å². The van der Waals surface area contributed by atoms with Crippen molar-refractivity contribution in [2.45, 2.75) is 19.3 Å². The number of hydrogen-bond donors (Lipinski definition) is 2. The van der Waals surface area contributed by atoms with Gasteiger partial charge >= 0.3 is 0 Å². The first-order valence-electron chi connectivity index (χ1n) is 7.93. The Labute approximate surface area is 134 Å². The standard InChI is InChI=1S/C18H20N2O3/c21-16-12-14-6-2-1-5-13(14)11-15(16)18(23)19-8-7-17(22)20-9-3-4-10-20/h1-2,5-6,11-12,21H,3-4,7-10H2,(H,19,23). The molecular formula is C18H20N2O3. The Bertz CT molecular complexity index is 736. The smallest absolute Gasteiger partial charge is 0.255 e. The molecule has 5 heteroatoms. The fourth-order valence-corrected chi connectivity index (χ4v) is 2.91. The summed E-state index contributed by atoms with van der Waals surface area (Å²) in [6.45, 7) is 1.91. The maximum absolute atomic E-state index is 12.2. The van der Waals surface area contributed by atoms with E-state index in [-0.39, 0.29) is 29.7 Å². The molecule has 5 nitrogen and oxygen atoms in total. The zero-order valence-electron chi connectivity index (χ0n) is 12.9. The van der Waals surface area contributed by atoms with E-state index in [9.17, 15) is 14.7 Å². The lowest BCUT2D eigenvalue weighted by Crippen LogP contribution is -2.32. The highest BCUT2D eigenvalue weighted by molar-refractivity contribution is 6.01. The Morgan fingerprint density at radius 3 is 2.43 bits per heavy atom. The number of phenolic OH excluding ortho intramolecular Hbond substituents is 1. The topological polar surface area (TPSA) is 69.6 Å². The van der Waals surface area contributed by atoms with Crippen LogP contribution < -0.4 is 5.32 Å². The lowest BCUT2D eigenvalue weighted by atomic mass is 10.1. The van der Waals surface area contributed by atoms with E-state index in [1.54, 1.807) is 12.1 Å². The van der Waals surface area contributed by atoms with Gasteiger partial charge < -0.3 is 15.3 Å². The lowest BCUT2D eigenvalue weighted by Gasteiger charge is -2.15. The van der Waals surface area contributed by atoms with E-state index in [0.29, 0.717) is 6.42 Å². The molecule has 23 heavy (non-hydrogen) atoms. The predicted molar refractivity (Wildman–Crippen MR) is 88.4 cm³/mol. The molecule has 1 fully saturated rings. The van der Waals surface area contributed by atoms with Crippen molar-refractivity contribution < 1.29 is 14.7 Å². The van der Waals surface area contributed by atoms with Gasteiger partial charge in [0, 0.05) is 26.1 Å². The summed E-state index contributed by atoms with van der Waals surface area (Å²) in [5, 5.41) is 14.5. The van der Waals surface area contributed by atoms with Crippen LogP contribution in [0.25, 0.3) is 10.8 Å². The molecule has 2 aromatic rings. The summed E-state index contributed by atoms with van der Waals surface area (Å²) in [5.41, 5.74) is 0.234. The fraction of sp³-hybridized carbons (Fsp3) is 0.333. The van der Waals surface area contributed by atoms with Crippen LogP contribution in [0.2, 0.25) is 0 Å². The Kier molecular flexibility index (Phi) is 4.46. The molecule has 1 saturated heterocycles. The second-order valence-electron chi connectivity index (χ2n) is 5.81. The van der Waals surface area contributed by atoms with Crippen LogP contribution in [-0.4, -0.2) is 41.5 Å². The van der Waals surface area contributed by atoms with Crippen molar-refractivity contribution in [1.82, 2.24) is 10.2 Å². The summed E-state index contributed by atoms with van der Waals surface area (Å²) in [6.07, 6.45) is 2.41. The number of nitrogens with one attached hydrogen (secondary N) is 1. The number of rotatable bonds is 4. The van der Waals surface area contributed by atoms with Gasteiger partial charge in [0.2, 0.25) is 5.91 Å². The number of carbonyl (C=O) groups excluding carboxylic acids is 2. The van der Waals surface area contributed by atoms with Gasteiger partial charge in [0.25, 0.3) is 5.91 Å². The molecule has 3 rings (SSSR count). The Hall–Kier alpha value is -2.56. The zero-order valence-corrected chi connectivity index (χ0v) is 12.9. The number of nitrogens with zero attached hydrogens (tertiary/aromatic N) is 1. The number of benzene rings is 2. The van der Waals surface area contributed by atoms with Crippen LogP contribution in [0.5, 0.6) is 5.75 Å². The molecule has 0 aliphatic carbocycles. The highest BCUT2D eigenvalue weighted by Gasteiger charge is 2.18. The highest BCUT2D eigenvalue weighted by atomic mass is 16.3. The quantitative estimate of drug-likeness (QED) is 0.910. The summed E-state index contributed by atoms with van der Waals surface area (Å²) in [7, 11) is 0. The van der Waals surface area contributed by atoms with Gasteiger partial charge in [-0.1, -0.05) is 24.3 Å². The third kappa shape index (κ3) is 3.44. The summed E-state index contributed by atoms with van der Waals surface area (Å²) in [6, 6.07) is 10.8. The maximum atomic E-state index is 12.2. The minimum Gasteiger partial charge on any atom is -0.507 e. The van der Waals surface area contributed by atoms with E-state index < -0.39 is 0 Å². The summed E-state index contributed by atoms with van der Waals surface area (Å²) in [4.78, 5) is 26.0. The molecule has 2 N–H and O–H groups in total. The second-order valence-corrected chi connectivity index (χ2v) is 5.81. The maximum Gasteiger partial charge on any atom is 0.255 e. The zero-order chi connectivity index (χ0) is 16.2. The average molecular weight is 312 g/mol. The molecule has 0 aromatic heterocycles. The largest absolute Gasteiger partial charge is 0.507 e. The summed E-state index contributed by atoms with van der Waals surface area (Å²) >= 11 is 0. The third-order valence-corrected chi connectivity index (χ3v) is 4.19. The molecule has 0 atom stereocenters. The van der Waals surface area contributed by atoms with Crippen LogP contribution in [0.3, 0.4) is 0 Å². The Morgan fingerprint density at radius 1 is 1.09 bits per heavy atom. The number of phenols is 1. The van der Waals surface area contributed by atoms with Crippen molar-refractivity contribution in [3.63, 3.8) is 0 Å².